The Balaban J connectivity index is 2.19. The maximum absolute atomic E-state index is 12.4. The number of anilines is 1. The molecule has 0 aliphatic heterocycles. The van der Waals surface area contributed by atoms with Crippen molar-refractivity contribution >= 4 is 21.6 Å². The average molecular weight is 347 g/mol. The summed E-state index contributed by atoms with van der Waals surface area (Å²) in [7, 11) is -3.61. The number of amides is 1. The molecule has 0 saturated heterocycles. The summed E-state index contributed by atoms with van der Waals surface area (Å²) in [6, 6.07) is 11.6. The number of benzene rings is 1. The van der Waals surface area contributed by atoms with Gasteiger partial charge in [-0.05, 0) is 43.7 Å². The van der Waals surface area contributed by atoms with Crippen molar-refractivity contribution in [2.45, 2.75) is 26.4 Å². The SMILES string of the molecule is Cc1cccc(N([C@H](C)C(=O)NCc2ccccn2)S(C)(=O)=O)c1. The molecule has 0 aliphatic rings. The fourth-order valence-corrected chi connectivity index (χ4v) is 3.57. The topological polar surface area (TPSA) is 79.4 Å². The number of carbonyl (C=O) groups is 1. The van der Waals surface area contributed by atoms with Crippen LogP contribution in [0.5, 0.6) is 0 Å². The van der Waals surface area contributed by atoms with Crippen LogP contribution in [0.25, 0.3) is 0 Å². The zero-order valence-corrected chi connectivity index (χ0v) is 14.7. The smallest absolute Gasteiger partial charge is 0.243 e. The number of aryl methyl sites for hydroxylation is 1. The van der Waals surface area contributed by atoms with Crippen LogP contribution < -0.4 is 9.62 Å². The summed E-state index contributed by atoms with van der Waals surface area (Å²) in [5.74, 6) is -0.382. The Bertz CT molecular complexity index is 807. The molecule has 2 rings (SSSR count). The van der Waals surface area contributed by atoms with E-state index in [2.05, 4.69) is 10.3 Å². The van der Waals surface area contributed by atoms with Gasteiger partial charge in [0, 0.05) is 6.20 Å². The van der Waals surface area contributed by atoms with Gasteiger partial charge in [0.2, 0.25) is 15.9 Å². The second-order valence-corrected chi connectivity index (χ2v) is 7.47. The summed E-state index contributed by atoms with van der Waals surface area (Å²) < 4.78 is 25.5. The van der Waals surface area contributed by atoms with Gasteiger partial charge in [0.1, 0.15) is 6.04 Å². The molecular formula is C17H21N3O3S. The predicted octanol–water partition coefficient (Wildman–Crippen LogP) is 1.86. The molecule has 1 amide bonds. The molecular weight excluding hydrogens is 326 g/mol. The first-order chi connectivity index (χ1) is 11.3. The van der Waals surface area contributed by atoms with E-state index in [0.29, 0.717) is 11.4 Å². The fraction of sp³-hybridized carbons (Fsp3) is 0.294. The number of hydrogen-bond donors (Lipinski definition) is 1. The van der Waals surface area contributed by atoms with Crippen molar-refractivity contribution in [1.29, 1.82) is 0 Å². The van der Waals surface area contributed by atoms with Crippen molar-refractivity contribution in [2.24, 2.45) is 0 Å². The first-order valence-electron chi connectivity index (χ1n) is 7.53. The lowest BCUT2D eigenvalue weighted by molar-refractivity contribution is -0.122. The second kappa shape index (κ2) is 7.44. The zero-order valence-electron chi connectivity index (χ0n) is 13.9. The summed E-state index contributed by atoms with van der Waals surface area (Å²) in [6.07, 6.45) is 2.73. The molecule has 24 heavy (non-hydrogen) atoms. The Hall–Kier alpha value is -2.41. The Kier molecular flexibility index (Phi) is 5.56. The molecule has 2 aromatic rings. The number of sulfonamides is 1. The number of nitrogens with zero attached hydrogens (tertiary/aromatic N) is 2. The Morgan fingerprint density at radius 2 is 2.00 bits per heavy atom. The molecule has 7 heteroatoms. The van der Waals surface area contributed by atoms with Crippen molar-refractivity contribution in [3.05, 3.63) is 59.9 Å². The minimum Gasteiger partial charge on any atom is -0.349 e. The molecule has 0 unspecified atom stereocenters. The monoisotopic (exact) mass is 347 g/mol. The van der Waals surface area contributed by atoms with Crippen LogP contribution >= 0.6 is 0 Å². The number of pyridine rings is 1. The van der Waals surface area contributed by atoms with E-state index >= 15 is 0 Å². The highest BCUT2D eigenvalue weighted by atomic mass is 32.2. The molecule has 0 saturated carbocycles. The molecule has 0 radical (unpaired) electrons. The molecule has 1 atom stereocenters. The molecule has 0 aliphatic carbocycles. The van der Waals surface area contributed by atoms with E-state index in [9.17, 15) is 13.2 Å². The van der Waals surface area contributed by atoms with E-state index in [1.165, 1.54) is 0 Å². The summed E-state index contributed by atoms with van der Waals surface area (Å²) in [6.45, 7) is 3.68. The largest absolute Gasteiger partial charge is 0.349 e. The van der Waals surface area contributed by atoms with Gasteiger partial charge in [-0.25, -0.2) is 8.42 Å². The van der Waals surface area contributed by atoms with Gasteiger partial charge in [-0.1, -0.05) is 18.2 Å². The number of rotatable bonds is 6. The second-order valence-electron chi connectivity index (χ2n) is 5.61. The van der Waals surface area contributed by atoms with Gasteiger partial charge in [-0.15, -0.1) is 0 Å². The quantitative estimate of drug-likeness (QED) is 0.865. The predicted molar refractivity (Wildman–Crippen MR) is 94.0 cm³/mol. The van der Waals surface area contributed by atoms with Crippen LogP contribution in [0.4, 0.5) is 5.69 Å². The summed E-state index contributed by atoms with van der Waals surface area (Å²) in [5, 5.41) is 2.73. The molecule has 1 aromatic heterocycles. The highest BCUT2D eigenvalue weighted by Crippen LogP contribution is 2.21. The van der Waals surface area contributed by atoms with E-state index in [0.717, 1.165) is 16.1 Å². The lowest BCUT2D eigenvalue weighted by Gasteiger charge is -2.28. The van der Waals surface area contributed by atoms with Crippen LogP contribution in [0.2, 0.25) is 0 Å². The number of carbonyl (C=O) groups excluding carboxylic acids is 1. The fourth-order valence-electron chi connectivity index (χ4n) is 2.40. The van der Waals surface area contributed by atoms with Gasteiger partial charge in [-0.3, -0.25) is 14.1 Å². The summed E-state index contributed by atoms with van der Waals surface area (Å²) >= 11 is 0. The number of hydrogen-bond acceptors (Lipinski definition) is 4. The minimum absolute atomic E-state index is 0.245. The highest BCUT2D eigenvalue weighted by molar-refractivity contribution is 7.92. The number of aromatic nitrogens is 1. The molecule has 1 heterocycles. The van der Waals surface area contributed by atoms with E-state index in [1.807, 2.05) is 19.1 Å². The Morgan fingerprint density at radius 1 is 1.25 bits per heavy atom. The van der Waals surface area contributed by atoms with Gasteiger partial charge in [0.25, 0.3) is 0 Å². The van der Waals surface area contributed by atoms with E-state index in [-0.39, 0.29) is 12.5 Å². The highest BCUT2D eigenvalue weighted by Gasteiger charge is 2.29. The third kappa shape index (κ3) is 4.55. The molecule has 0 bridgehead atoms. The van der Waals surface area contributed by atoms with Gasteiger partial charge < -0.3 is 5.32 Å². The maximum Gasteiger partial charge on any atom is 0.243 e. The minimum atomic E-state index is -3.61. The Morgan fingerprint density at radius 3 is 2.58 bits per heavy atom. The third-order valence-electron chi connectivity index (χ3n) is 3.51. The van der Waals surface area contributed by atoms with Gasteiger partial charge in [0.05, 0.1) is 24.2 Å². The molecule has 1 N–H and O–H groups in total. The van der Waals surface area contributed by atoms with Crippen LogP contribution in [0.15, 0.2) is 48.7 Å². The van der Waals surface area contributed by atoms with Crippen molar-refractivity contribution in [2.75, 3.05) is 10.6 Å². The van der Waals surface area contributed by atoms with Crippen LogP contribution in [0, 0.1) is 6.92 Å². The third-order valence-corrected chi connectivity index (χ3v) is 4.76. The van der Waals surface area contributed by atoms with E-state index in [4.69, 9.17) is 0 Å². The van der Waals surface area contributed by atoms with Crippen molar-refractivity contribution in [1.82, 2.24) is 10.3 Å². The summed E-state index contributed by atoms with van der Waals surface area (Å²) in [4.78, 5) is 16.5. The summed E-state index contributed by atoms with van der Waals surface area (Å²) in [5.41, 5.74) is 2.10. The normalized spacial score (nSPS) is 12.5. The molecule has 0 fully saturated rings. The van der Waals surface area contributed by atoms with Gasteiger partial charge in [0.15, 0.2) is 0 Å². The maximum atomic E-state index is 12.4. The van der Waals surface area contributed by atoms with E-state index in [1.54, 1.807) is 43.5 Å². The Labute approximate surface area is 142 Å². The van der Waals surface area contributed by atoms with Crippen molar-refractivity contribution in [3.8, 4) is 0 Å². The van der Waals surface area contributed by atoms with Crippen LogP contribution in [0.1, 0.15) is 18.2 Å². The van der Waals surface area contributed by atoms with Crippen LogP contribution in [0.3, 0.4) is 0 Å². The van der Waals surface area contributed by atoms with Gasteiger partial charge in [-0.2, -0.15) is 0 Å². The van der Waals surface area contributed by atoms with Crippen molar-refractivity contribution in [3.63, 3.8) is 0 Å². The lowest BCUT2D eigenvalue weighted by Crippen LogP contribution is -2.47. The van der Waals surface area contributed by atoms with E-state index < -0.39 is 16.1 Å². The van der Waals surface area contributed by atoms with Crippen molar-refractivity contribution < 1.29 is 13.2 Å². The standard InChI is InChI=1S/C17H21N3O3S/c1-13-7-6-9-16(11-13)20(24(3,22)23)14(2)17(21)19-12-15-8-4-5-10-18-15/h4-11,14H,12H2,1-3H3,(H,19,21)/t14-/m1/s1. The van der Waals surface area contributed by atoms with Crippen LogP contribution in [-0.2, 0) is 21.4 Å². The molecule has 1 aromatic carbocycles. The molecule has 0 spiro atoms. The lowest BCUT2D eigenvalue weighted by atomic mass is 10.2. The first-order valence-corrected chi connectivity index (χ1v) is 9.37. The first kappa shape index (κ1) is 17.9. The molecule has 128 valence electrons. The number of nitrogens with one attached hydrogen (secondary N) is 1. The zero-order chi connectivity index (χ0) is 17.7. The molecule has 6 nitrogen and oxygen atoms in total. The average Bonchev–Trinajstić information content (AvgIpc) is 2.52. The van der Waals surface area contributed by atoms with Crippen LogP contribution in [-0.4, -0.2) is 31.6 Å². The van der Waals surface area contributed by atoms with Gasteiger partial charge >= 0.3 is 0 Å².